The number of carbonyl (C=O) groups is 2. The smallest absolute Gasteiger partial charge is 0.338 e. The maximum Gasteiger partial charge on any atom is 0.338 e. The summed E-state index contributed by atoms with van der Waals surface area (Å²) >= 11 is 9.44. The van der Waals surface area contributed by atoms with Gasteiger partial charge >= 0.3 is 12.0 Å². The average molecular weight is 418 g/mol. The lowest BCUT2D eigenvalue weighted by atomic mass is 10.0. The Balaban J connectivity index is 2.26. The van der Waals surface area contributed by atoms with Gasteiger partial charge in [0.15, 0.2) is 0 Å². The van der Waals surface area contributed by atoms with Crippen LogP contribution in [0.15, 0.2) is 33.9 Å². The van der Waals surface area contributed by atoms with Crippen LogP contribution in [0, 0.1) is 0 Å². The van der Waals surface area contributed by atoms with E-state index >= 15 is 0 Å². The number of halogens is 2. The fourth-order valence-electron chi connectivity index (χ4n) is 2.32. The Kier molecular flexibility index (Phi) is 6.51. The molecule has 1 heterocycles. The minimum atomic E-state index is -0.475. The zero-order chi connectivity index (χ0) is 17.7. The summed E-state index contributed by atoms with van der Waals surface area (Å²) in [4.78, 5) is 24.0. The highest BCUT2D eigenvalue weighted by atomic mass is 79.9. The van der Waals surface area contributed by atoms with Gasteiger partial charge in [-0.15, -0.1) is 0 Å². The highest BCUT2D eigenvalue weighted by Crippen LogP contribution is 2.28. The number of carbonyl (C=O) groups excluding carboxylic acids is 2. The summed E-state index contributed by atoms with van der Waals surface area (Å²) in [6.45, 7) is 3.85. The molecule has 0 radical (unpaired) electrons. The van der Waals surface area contributed by atoms with Crippen LogP contribution in [0.25, 0.3) is 0 Å². The van der Waals surface area contributed by atoms with E-state index in [9.17, 15) is 9.59 Å². The molecule has 2 N–H and O–H groups in total. The number of rotatable bonds is 6. The Labute approximate surface area is 153 Å². The van der Waals surface area contributed by atoms with Crippen LogP contribution in [0.1, 0.15) is 20.3 Å². The molecule has 1 atom stereocenters. The molecule has 6 nitrogen and oxygen atoms in total. The first-order valence-corrected chi connectivity index (χ1v) is 8.68. The fraction of sp³-hybridized carbons (Fsp3) is 0.375. The summed E-state index contributed by atoms with van der Waals surface area (Å²) in [5, 5.41) is 5.75. The van der Waals surface area contributed by atoms with Gasteiger partial charge in [0.05, 0.1) is 28.9 Å². The molecule has 1 unspecified atom stereocenters. The number of esters is 1. The zero-order valence-electron chi connectivity index (χ0n) is 13.3. The molecule has 0 fully saturated rings. The number of urea groups is 1. The summed E-state index contributed by atoms with van der Waals surface area (Å²) in [5.74, 6) is -0.0197. The van der Waals surface area contributed by atoms with Gasteiger partial charge in [-0.2, -0.15) is 0 Å². The maximum absolute atomic E-state index is 12.2. The lowest BCUT2D eigenvalue weighted by molar-refractivity contribution is -0.139. The van der Waals surface area contributed by atoms with E-state index in [1.165, 1.54) is 0 Å². The van der Waals surface area contributed by atoms with Gasteiger partial charge in [0, 0.05) is 4.47 Å². The summed E-state index contributed by atoms with van der Waals surface area (Å²) in [6.07, 6.45) is 0.560. The van der Waals surface area contributed by atoms with E-state index in [4.69, 9.17) is 21.1 Å². The summed E-state index contributed by atoms with van der Waals surface area (Å²) in [6, 6.07) is 4.40. The van der Waals surface area contributed by atoms with E-state index in [2.05, 4.69) is 26.6 Å². The Bertz CT molecular complexity index is 678. The Morgan fingerprint density at radius 3 is 2.75 bits per heavy atom. The second kappa shape index (κ2) is 8.39. The molecule has 0 bridgehead atoms. The summed E-state index contributed by atoms with van der Waals surface area (Å²) in [7, 11) is 0. The summed E-state index contributed by atoms with van der Waals surface area (Å²) < 4.78 is 11.6. The van der Waals surface area contributed by atoms with Crippen LogP contribution in [-0.4, -0.2) is 31.3 Å². The van der Waals surface area contributed by atoms with Crippen LogP contribution < -0.4 is 15.4 Å². The predicted octanol–water partition coefficient (Wildman–Crippen LogP) is 3.39. The van der Waals surface area contributed by atoms with Gasteiger partial charge in [-0.1, -0.05) is 34.5 Å². The van der Waals surface area contributed by atoms with Crippen molar-refractivity contribution in [2.75, 3.05) is 13.2 Å². The number of hydrogen-bond acceptors (Lipinski definition) is 4. The van der Waals surface area contributed by atoms with Crippen molar-refractivity contribution in [1.82, 2.24) is 10.6 Å². The average Bonchev–Trinajstić information content (AvgIpc) is 2.53. The van der Waals surface area contributed by atoms with Crippen LogP contribution in [0.3, 0.4) is 0 Å². The number of ether oxygens (including phenoxy) is 2. The molecule has 0 saturated carbocycles. The quantitative estimate of drug-likeness (QED) is 0.696. The first-order chi connectivity index (χ1) is 11.5. The van der Waals surface area contributed by atoms with E-state index in [0.717, 1.165) is 4.47 Å². The van der Waals surface area contributed by atoms with Crippen LogP contribution in [0.2, 0.25) is 5.02 Å². The first-order valence-electron chi connectivity index (χ1n) is 7.51. The number of benzene rings is 1. The van der Waals surface area contributed by atoms with Crippen LogP contribution in [-0.2, 0) is 9.53 Å². The molecule has 130 valence electrons. The van der Waals surface area contributed by atoms with Crippen molar-refractivity contribution in [3.8, 4) is 5.75 Å². The molecule has 0 saturated heterocycles. The molecule has 0 spiro atoms. The Morgan fingerprint density at radius 2 is 2.12 bits per heavy atom. The number of nitrogens with one attached hydrogen (secondary N) is 2. The second-order valence-corrected chi connectivity index (χ2v) is 6.36. The molecule has 1 aromatic carbocycles. The molecule has 2 amide bonds. The minimum absolute atomic E-state index is 0.000575. The molecule has 8 heteroatoms. The molecular formula is C16H18BrClN2O4. The van der Waals surface area contributed by atoms with Crippen LogP contribution in [0.5, 0.6) is 5.75 Å². The summed E-state index contributed by atoms with van der Waals surface area (Å²) in [5.41, 5.74) is 0.746. The normalized spacial score (nSPS) is 17.2. The van der Waals surface area contributed by atoms with Crippen LogP contribution >= 0.6 is 27.5 Å². The lowest BCUT2D eigenvalue weighted by Gasteiger charge is -2.28. The first kappa shape index (κ1) is 18.6. The lowest BCUT2D eigenvalue weighted by Crippen LogP contribution is -2.51. The van der Waals surface area contributed by atoms with Gasteiger partial charge in [-0.05, 0) is 31.5 Å². The van der Waals surface area contributed by atoms with E-state index in [-0.39, 0.29) is 19.2 Å². The minimum Gasteiger partial charge on any atom is -0.486 e. The van der Waals surface area contributed by atoms with E-state index in [0.29, 0.717) is 28.5 Å². The number of hydrogen-bond donors (Lipinski definition) is 2. The van der Waals surface area contributed by atoms with Gasteiger partial charge in [0.1, 0.15) is 12.4 Å². The second-order valence-electron chi connectivity index (χ2n) is 5.04. The van der Waals surface area contributed by atoms with Crippen molar-refractivity contribution in [2.45, 2.75) is 26.3 Å². The van der Waals surface area contributed by atoms with Gasteiger partial charge in [0.2, 0.25) is 0 Å². The largest absolute Gasteiger partial charge is 0.486 e. The van der Waals surface area contributed by atoms with Crippen molar-refractivity contribution in [3.63, 3.8) is 0 Å². The maximum atomic E-state index is 12.2. The van der Waals surface area contributed by atoms with Gasteiger partial charge in [0.25, 0.3) is 0 Å². The predicted molar refractivity (Wildman–Crippen MR) is 94.1 cm³/mol. The SMILES string of the molecule is CCOC(=O)C1=C(COc2ccc(Br)cc2Cl)NC(=O)NC1CC. The van der Waals surface area contributed by atoms with Crippen molar-refractivity contribution in [2.24, 2.45) is 0 Å². The number of amides is 2. The fourth-order valence-corrected chi connectivity index (χ4v) is 3.05. The molecule has 1 aliphatic heterocycles. The Hall–Kier alpha value is -1.73. The van der Waals surface area contributed by atoms with Crippen molar-refractivity contribution < 1.29 is 19.1 Å². The monoisotopic (exact) mass is 416 g/mol. The third kappa shape index (κ3) is 4.42. The topological polar surface area (TPSA) is 76.7 Å². The van der Waals surface area contributed by atoms with Gasteiger partial charge < -0.3 is 20.1 Å². The molecule has 24 heavy (non-hydrogen) atoms. The third-order valence-electron chi connectivity index (χ3n) is 3.41. The van der Waals surface area contributed by atoms with Crippen molar-refractivity contribution >= 4 is 39.5 Å². The zero-order valence-corrected chi connectivity index (χ0v) is 15.7. The van der Waals surface area contributed by atoms with E-state index < -0.39 is 12.0 Å². The van der Waals surface area contributed by atoms with Crippen molar-refractivity contribution in [1.29, 1.82) is 0 Å². The molecule has 0 aliphatic carbocycles. The Morgan fingerprint density at radius 1 is 1.38 bits per heavy atom. The van der Waals surface area contributed by atoms with E-state index in [1.54, 1.807) is 25.1 Å². The standard InChI is InChI=1S/C16H18BrClN2O4/c1-3-11-14(15(21)23-4-2)12(20-16(22)19-11)8-24-13-6-5-9(17)7-10(13)18/h5-7,11H,3-4,8H2,1-2H3,(H2,19,20,22). The van der Waals surface area contributed by atoms with Gasteiger partial charge in [-0.3, -0.25) is 0 Å². The highest BCUT2D eigenvalue weighted by molar-refractivity contribution is 9.10. The molecule has 1 aromatic rings. The van der Waals surface area contributed by atoms with Crippen LogP contribution in [0.4, 0.5) is 4.79 Å². The molecule has 0 aromatic heterocycles. The molecular weight excluding hydrogens is 400 g/mol. The third-order valence-corrected chi connectivity index (χ3v) is 4.20. The van der Waals surface area contributed by atoms with E-state index in [1.807, 2.05) is 6.92 Å². The molecule has 1 aliphatic rings. The van der Waals surface area contributed by atoms with Gasteiger partial charge in [-0.25, -0.2) is 9.59 Å². The highest BCUT2D eigenvalue weighted by Gasteiger charge is 2.31. The molecule has 2 rings (SSSR count). The van der Waals surface area contributed by atoms with Crippen molar-refractivity contribution in [3.05, 3.63) is 39.0 Å².